The number of methoxy groups -OCH3 is 1. The first-order valence-electron chi connectivity index (χ1n) is 14.6. The van der Waals surface area contributed by atoms with E-state index in [1.807, 2.05) is 76.2 Å². The first-order valence-corrected chi connectivity index (χ1v) is 14.6. The van der Waals surface area contributed by atoms with Crippen molar-refractivity contribution in [1.82, 2.24) is 19.9 Å². The number of piperidine rings is 1. The number of carbonyl (C=O) groups excluding carboxylic acids is 2. The number of anilines is 2. The summed E-state index contributed by atoms with van der Waals surface area (Å²) >= 11 is 0. The summed E-state index contributed by atoms with van der Waals surface area (Å²) in [6.07, 6.45) is 4.78. The van der Waals surface area contributed by atoms with Crippen molar-refractivity contribution in [3.63, 3.8) is 0 Å². The van der Waals surface area contributed by atoms with Gasteiger partial charge in [0.15, 0.2) is 0 Å². The molecule has 4 aromatic rings. The second-order valence-corrected chi connectivity index (χ2v) is 11.7. The van der Waals surface area contributed by atoms with Crippen LogP contribution < -0.4 is 15.4 Å². The van der Waals surface area contributed by atoms with E-state index in [-0.39, 0.29) is 24.6 Å². The van der Waals surface area contributed by atoms with Crippen molar-refractivity contribution in [1.29, 1.82) is 0 Å². The Kier molecular flexibility index (Phi) is 9.12. The van der Waals surface area contributed by atoms with E-state index < -0.39 is 5.60 Å². The molecule has 0 radical (unpaired) electrons. The fourth-order valence-electron chi connectivity index (χ4n) is 5.08. The van der Waals surface area contributed by atoms with E-state index in [0.717, 1.165) is 34.9 Å². The number of amides is 1. The van der Waals surface area contributed by atoms with Crippen LogP contribution in [0, 0.1) is 6.92 Å². The van der Waals surface area contributed by atoms with Crippen molar-refractivity contribution in [3.05, 3.63) is 66.5 Å². The van der Waals surface area contributed by atoms with Gasteiger partial charge in [0.1, 0.15) is 17.9 Å². The van der Waals surface area contributed by atoms with Crippen LogP contribution in [0.3, 0.4) is 0 Å². The van der Waals surface area contributed by atoms with E-state index >= 15 is 0 Å². The number of pyridine rings is 1. The number of nitrogens with one attached hydrogen (secondary N) is 2. The normalized spacial score (nSPS) is 15.0. The molecule has 2 N–H and O–H groups in total. The van der Waals surface area contributed by atoms with Gasteiger partial charge in [-0.3, -0.25) is 4.79 Å². The van der Waals surface area contributed by atoms with Crippen LogP contribution in [0.15, 0.2) is 60.9 Å². The lowest BCUT2D eigenvalue weighted by atomic mass is 10.0. The van der Waals surface area contributed by atoms with E-state index in [9.17, 15) is 9.59 Å². The SMILES string of the molecule is COC(=O)CNc1cccc2c(Oc3ncccc3-c3ccnc(NC4CCCN(C(=O)OC(C)(C)C)C4)n3)c(C)ccc12. The third-order valence-electron chi connectivity index (χ3n) is 7.17. The van der Waals surface area contributed by atoms with Gasteiger partial charge in [-0.2, -0.15) is 0 Å². The Bertz CT molecular complexity index is 1650. The lowest BCUT2D eigenvalue weighted by molar-refractivity contribution is -0.138. The monoisotopic (exact) mass is 598 g/mol. The number of hydrogen-bond acceptors (Lipinski definition) is 10. The molecule has 1 fully saturated rings. The Hall–Kier alpha value is -4.93. The van der Waals surface area contributed by atoms with Gasteiger partial charge in [0.2, 0.25) is 11.8 Å². The molecule has 0 aliphatic carbocycles. The van der Waals surface area contributed by atoms with E-state index in [1.54, 1.807) is 17.3 Å². The fraction of sp³-hybridized carbons (Fsp3) is 0.364. The Morgan fingerprint density at radius 3 is 2.66 bits per heavy atom. The van der Waals surface area contributed by atoms with Crippen LogP contribution in [0.2, 0.25) is 0 Å². The van der Waals surface area contributed by atoms with Gasteiger partial charge in [-0.05, 0) is 70.4 Å². The van der Waals surface area contributed by atoms with Crippen molar-refractivity contribution in [2.24, 2.45) is 0 Å². The maximum atomic E-state index is 12.6. The molecule has 0 saturated carbocycles. The number of hydrogen-bond donors (Lipinski definition) is 2. The molecular weight excluding hydrogens is 560 g/mol. The predicted molar refractivity (Wildman–Crippen MR) is 169 cm³/mol. The van der Waals surface area contributed by atoms with Crippen LogP contribution >= 0.6 is 0 Å². The molecule has 0 bridgehead atoms. The standard InChI is InChI=1S/C33H38N6O5/c1-21-13-14-23-24(10-6-12-26(23)36-19-28(40)42-5)29(21)43-30-25(11-7-16-34-30)27-15-17-35-31(38-27)37-22-9-8-18-39(20-22)32(41)44-33(2,3)4/h6-7,10-17,22,36H,8-9,18-20H2,1-5H3,(H,35,37,38). The molecule has 3 heterocycles. The maximum absolute atomic E-state index is 12.6. The summed E-state index contributed by atoms with van der Waals surface area (Å²) in [5.74, 6) is 1.15. The number of likely N-dealkylation sites (tertiary alicyclic amines) is 1. The smallest absolute Gasteiger partial charge is 0.410 e. The zero-order valence-corrected chi connectivity index (χ0v) is 25.7. The summed E-state index contributed by atoms with van der Waals surface area (Å²) in [5, 5.41) is 8.31. The van der Waals surface area contributed by atoms with Gasteiger partial charge < -0.3 is 29.7 Å². The number of esters is 1. The van der Waals surface area contributed by atoms with Crippen molar-refractivity contribution in [2.45, 2.75) is 52.2 Å². The Balaban J connectivity index is 1.37. The summed E-state index contributed by atoms with van der Waals surface area (Å²) in [6, 6.07) is 15.3. The van der Waals surface area contributed by atoms with Gasteiger partial charge in [0.05, 0.1) is 18.4 Å². The zero-order chi connectivity index (χ0) is 31.3. The number of fused-ring (bicyclic) bond motifs is 1. The number of rotatable bonds is 8. The predicted octanol–water partition coefficient (Wildman–Crippen LogP) is 6.19. The summed E-state index contributed by atoms with van der Waals surface area (Å²) in [6.45, 7) is 8.77. The quantitative estimate of drug-likeness (QED) is 0.227. The molecule has 1 aliphatic rings. The average Bonchev–Trinajstić information content (AvgIpc) is 3.01. The van der Waals surface area contributed by atoms with E-state index in [2.05, 4.69) is 20.6 Å². The van der Waals surface area contributed by atoms with Gasteiger partial charge >= 0.3 is 12.1 Å². The minimum atomic E-state index is -0.549. The van der Waals surface area contributed by atoms with Crippen LogP contribution in [-0.2, 0) is 14.3 Å². The second kappa shape index (κ2) is 13.2. The highest BCUT2D eigenvalue weighted by atomic mass is 16.6. The van der Waals surface area contributed by atoms with Crippen molar-refractivity contribution < 1.29 is 23.8 Å². The molecule has 1 aliphatic heterocycles. The van der Waals surface area contributed by atoms with Gasteiger partial charge in [-0.15, -0.1) is 0 Å². The van der Waals surface area contributed by atoms with Gasteiger partial charge in [-0.25, -0.2) is 19.7 Å². The van der Waals surface area contributed by atoms with Crippen molar-refractivity contribution >= 4 is 34.5 Å². The summed E-state index contributed by atoms with van der Waals surface area (Å²) in [7, 11) is 1.36. The lowest BCUT2D eigenvalue weighted by Crippen LogP contribution is -2.47. The minimum absolute atomic E-state index is 0.0172. The number of benzene rings is 2. The minimum Gasteiger partial charge on any atom is -0.468 e. The molecule has 1 unspecified atom stereocenters. The van der Waals surface area contributed by atoms with E-state index in [1.165, 1.54) is 7.11 Å². The summed E-state index contributed by atoms with van der Waals surface area (Å²) < 4.78 is 16.8. The van der Waals surface area contributed by atoms with E-state index in [4.69, 9.17) is 19.2 Å². The second-order valence-electron chi connectivity index (χ2n) is 11.7. The molecule has 2 aromatic heterocycles. The largest absolute Gasteiger partial charge is 0.468 e. The molecule has 230 valence electrons. The Morgan fingerprint density at radius 2 is 1.86 bits per heavy atom. The molecule has 1 amide bonds. The number of aromatic nitrogens is 3. The third kappa shape index (κ3) is 7.34. The highest BCUT2D eigenvalue weighted by Gasteiger charge is 2.28. The number of ether oxygens (including phenoxy) is 3. The molecule has 1 saturated heterocycles. The topological polar surface area (TPSA) is 128 Å². The molecule has 44 heavy (non-hydrogen) atoms. The molecule has 11 nitrogen and oxygen atoms in total. The Morgan fingerprint density at radius 1 is 1.02 bits per heavy atom. The molecule has 1 atom stereocenters. The molecule has 11 heteroatoms. The first-order chi connectivity index (χ1) is 21.1. The molecule has 2 aromatic carbocycles. The number of aryl methyl sites for hydroxylation is 1. The van der Waals surface area contributed by atoms with Gasteiger partial charge in [0, 0.05) is 48.0 Å². The number of carbonyl (C=O) groups is 2. The Labute approximate surface area is 257 Å². The van der Waals surface area contributed by atoms with E-state index in [0.29, 0.717) is 41.9 Å². The summed E-state index contributed by atoms with van der Waals surface area (Å²) in [4.78, 5) is 39.9. The summed E-state index contributed by atoms with van der Waals surface area (Å²) in [5.41, 5.74) is 2.51. The highest BCUT2D eigenvalue weighted by Crippen LogP contribution is 2.38. The van der Waals surface area contributed by atoms with Crippen LogP contribution in [0.1, 0.15) is 39.2 Å². The van der Waals surface area contributed by atoms with Crippen molar-refractivity contribution in [3.8, 4) is 22.9 Å². The highest BCUT2D eigenvalue weighted by molar-refractivity contribution is 5.99. The third-order valence-corrected chi connectivity index (χ3v) is 7.17. The van der Waals surface area contributed by atoms with Crippen LogP contribution in [0.4, 0.5) is 16.4 Å². The lowest BCUT2D eigenvalue weighted by Gasteiger charge is -2.34. The van der Waals surface area contributed by atoms with Gasteiger partial charge in [-0.1, -0.05) is 24.3 Å². The van der Waals surface area contributed by atoms with Gasteiger partial charge in [0.25, 0.3) is 0 Å². The number of nitrogens with zero attached hydrogens (tertiary/aromatic N) is 4. The van der Waals surface area contributed by atoms with Crippen LogP contribution in [0.25, 0.3) is 22.0 Å². The molecule has 0 spiro atoms. The van der Waals surface area contributed by atoms with Crippen molar-refractivity contribution in [2.75, 3.05) is 37.4 Å². The van der Waals surface area contributed by atoms with Crippen LogP contribution in [0.5, 0.6) is 11.6 Å². The molecular formula is C33H38N6O5. The fourth-order valence-corrected chi connectivity index (χ4v) is 5.08. The first kappa shape index (κ1) is 30.5. The average molecular weight is 599 g/mol. The molecule has 5 rings (SSSR count). The maximum Gasteiger partial charge on any atom is 0.410 e. The zero-order valence-electron chi connectivity index (χ0n) is 25.7. The van der Waals surface area contributed by atoms with Crippen LogP contribution in [-0.4, -0.2) is 70.3 Å².